The lowest BCUT2D eigenvalue weighted by atomic mass is 9.90. The second kappa shape index (κ2) is 5.82. The third-order valence-electron chi connectivity index (χ3n) is 2.99. The molecular formula is C14H18O3. The molecule has 2 rings (SSSR count). The number of methoxy groups -OCH3 is 1. The average molecular weight is 234 g/mol. The molecule has 3 nitrogen and oxygen atoms in total. The van der Waals surface area contributed by atoms with Crippen LogP contribution in [0.15, 0.2) is 18.2 Å². The Labute approximate surface area is 102 Å². The maximum Gasteiger partial charge on any atom is 0.163 e. The molecule has 0 amide bonds. The molecule has 1 aliphatic carbocycles. The summed E-state index contributed by atoms with van der Waals surface area (Å²) < 4.78 is 10.5. The van der Waals surface area contributed by atoms with Gasteiger partial charge in [0.25, 0.3) is 0 Å². The van der Waals surface area contributed by atoms with E-state index in [4.69, 9.17) is 9.47 Å². The molecule has 0 aliphatic heterocycles. The van der Waals surface area contributed by atoms with Crippen molar-refractivity contribution in [1.29, 1.82) is 0 Å². The van der Waals surface area contributed by atoms with Gasteiger partial charge in [0.05, 0.1) is 6.61 Å². The summed E-state index contributed by atoms with van der Waals surface area (Å²) >= 11 is 0. The van der Waals surface area contributed by atoms with Gasteiger partial charge in [0.15, 0.2) is 5.78 Å². The van der Waals surface area contributed by atoms with E-state index in [1.807, 2.05) is 18.2 Å². The van der Waals surface area contributed by atoms with E-state index < -0.39 is 0 Å². The molecule has 0 radical (unpaired) electrons. The Balaban J connectivity index is 2.00. The van der Waals surface area contributed by atoms with Gasteiger partial charge in [0, 0.05) is 32.1 Å². The molecule has 92 valence electrons. The highest BCUT2D eigenvalue weighted by molar-refractivity contribution is 5.98. The zero-order valence-corrected chi connectivity index (χ0v) is 10.2. The summed E-state index contributed by atoms with van der Waals surface area (Å²) in [6.45, 7) is 1.32. The number of hydrogen-bond acceptors (Lipinski definition) is 3. The lowest BCUT2D eigenvalue weighted by molar-refractivity contribution is 0.0972. The van der Waals surface area contributed by atoms with Crippen molar-refractivity contribution in [2.75, 3.05) is 20.3 Å². The Bertz CT molecular complexity index is 398. The lowest BCUT2D eigenvalue weighted by Gasteiger charge is -2.15. The predicted molar refractivity (Wildman–Crippen MR) is 65.7 cm³/mol. The topological polar surface area (TPSA) is 35.5 Å². The van der Waals surface area contributed by atoms with Gasteiger partial charge in [-0.2, -0.15) is 0 Å². The van der Waals surface area contributed by atoms with Gasteiger partial charge in [-0.3, -0.25) is 4.79 Å². The van der Waals surface area contributed by atoms with Gasteiger partial charge >= 0.3 is 0 Å². The average Bonchev–Trinajstić information content (AvgIpc) is 2.36. The zero-order valence-electron chi connectivity index (χ0n) is 10.2. The number of rotatable bonds is 5. The molecule has 0 fully saturated rings. The number of ether oxygens (including phenoxy) is 2. The number of Topliss-reactive ketones (excluding diaryl/α,β-unsaturated/α-hetero) is 1. The van der Waals surface area contributed by atoms with Crippen LogP contribution in [-0.4, -0.2) is 26.1 Å². The summed E-state index contributed by atoms with van der Waals surface area (Å²) in [6.07, 6.45) is 3.51. The van der Waals surface area contributed by atoms with E-state index in [9.17, 15) is 4.79 Å². The van der Waals surface area contributed by atoms with Crippen LogP contribution in [0.3, 0.4) is 0 Å². The van der Waals surface area contributed by atoms with Crippen LogP contribution in [0.4, 0.5) is 0 Å². The minimum Gasteiger partial charge on any atom is -0.493 e. The van der Waals surface area contributed by atoms with E-state index >= 15 is 0 Å². The zero-order chi connectivity index (χ0) is 12.1. The Morgan fingerprint density at radius 2 is 2.12 bits per heavy atom. The summed E-state index contributed by atoms with van der Waals surface area (Å²) in [6, 6.07) is 5.84. The molecule has 17 heavy (non-hydrogen) atoms. The maximum absolute atomic E-state index is 11.7. The Hall–Kier alpha value is -1.35. The van der Waals surface area contributed by atoms with Crippen molar-refractivity contribution in [2.45, 2.75) is 25.7 Å². The van der Waals surface area contributed by atoms with Gasteiger partial charge in [-0.1, -0.05) is 6.07 Å². The largest absolute Gasteiger partial charge is 0.493 e. The van der Waals surface area contributed by atoms with Crippen LogP contribution >= 0.6 is 0 Å². The van der Waals surface area contributed by atoms with Crippen molar-refractivity contribution in [1.82, 2.24) is 0 Å². The van der Waals surface area contributed by atoms with Crippen LogP contribution in [0.5, 0.6) is 5.75 Å². The highest BCUT2D eigenvalue weighted by Crippen LogP contribution is 2.25. The minimum absolute atomic E-state index is 0.244. The number of benzene rings is 1. The van der Waals surface area contributed by atoms with Crippen LogP contribution in [-0.2, 0) is 11.2 Å². The number of aryl methyl sites for hydroxylation is 1. The molecule has 0 spiro atoms. The highest BCUT2D eigenvalue weighted by Gasteiger charge is 2.17. The Morgan fingerprint density at radius 3 is 2.94 bits per heavy atom. The van der Waals surface area contributed by atoms with Crippen molar-refractivity contribution in [3.63, 3.8) is 0 Å². The summed E-state index contributed by atoms with van der Waals surface area (Å²) in [7, 11) is 1.68. The standard InChI is InChI=1S/C14H18O3/c1-16-8-3-9-17-12-7-6-11-4-2-5-14(15)13(11)10-12/h6-7,10H,2-5,8-9H2,1H3. The molecule has 0 saturated carbocycles. The van der Waals surface area contributed by atoms with Crippen molar-refractivity contribution >= 4 is 5.78 Å². The molecule has 0 atom stereocenters. The quantitative estimate of drug-likeness (QED) is 0.735. The van der Waals surface area contributed by atoms with Gasteiger partial charge in [-0.25, -0.2) is 0 Å². The molecule has 0 unspecified atom stereocenters. The normalized spacial score (nSPS) is 14.5. The molecule has 1 aromatic carbocycles. The molecule has 3 heteroatoms. The Kier molecular flexibility index (Phi) is 4.15. The molecule has 1 aromatic rings. The molecular weight excluding hydrogens is 216 g/mol. The Morgan fingerprint density at radius 1 is 1.24 bits per heavy atom. The van der Waals surface area contributed by atoms with Crippen molar-refractivity contribution in [3.05, 3.63) is 29.3 Å². The molecule has 0 heterocycles. The molecule has 0 aromatic heterocycles. The summed E-state index contributed by atoms with van der Waals surface area (Å²) in [5, 5.41) is 0. The number of hydrogen-bond donors (Lipinski definition) is 0. The van der Waals surface area contributed by atoms with Crippen LogP contribution in [0, 0.1) is 0 Å². The third kappa shape index (κ3) is 3.07. The van der Waals surface area contributed by atoms with Crippen LogP contribution in [0.25, 0.3) is 0 Å². The van der Waals surface area contributed by atoms with E-state index in [0.717, 1.165) is 36.1 Å². The second-order valence-electron chi connectivity index (χ2n) is 4.29. The fourth-order valence-corrected chi connectivity index (χ4v) is 2.09. The molecule has 0 saturated heterocycles. The first kappa shape index (κ1) is 12.1. The van der Waals surface area contributed by atoms with Crippen molar-refractivity contribution < 1.29 is 14.3 Å². The number of ketones is 1. The lowest BCUT2D eigenvalue weighted by Crippen LogP contribution is -2.11. The maximum atomic E-state index is 11.7. The first-order valence-corrected chi connectivity index (χ1v) is 6.09. The summed E-state index contributed by atoms with van der Waals surface area (Å²) in [5.74, 6) is 1.03. The molecule has 0 bridgehead atoms. The van der Waals surface area contributed by atoms with Gasteiger partial charge < -0.3 is 9.47 Å². The first-order valence-electron chi connectivity index (χ1n) is 6.09. The number of carbonyl (C=O) groups excluding carboxylic acids is 1. The second-order valence-corrected chi connectivity index (χ2v) is 4.29. The van der Waals surface area contributed by atoms with E-state index in [-0.39, 0.29) is 5.78 Å². The van der Waals surface area contributed by atoms with E-state index in [2.05, 4.69) is 0 Å². The predicted octanol–water partition coefficient (Wildman–Crippen LogP) is 2.62. The number of fused-ring (bicyclic) bond motifs is 1. The third-order valence-corrected chi connectivity index (χ3v) is 2.99. The first-order chi connectivity index (χ1) is 8.31. The summed E-state index contributed by atoms with van der Waals surface area (Å²) in [4.78, 5) is 11.7. The highest BCUT2D eigenvalue weighted by atomic mass is 16.5. The number of carbonyl (C=O) groups is 1. The minimum atomic E-state index is 0.244. The van der Waals surface area contributed by atoms with Gasteiger partial charge in [0.1, 0.15) is 5.75 Å². The van der Waals surface area contributed by atoms with E-state index in [1.54, 1.807) is 7.11 Å². The van der Waals surface area contributed by atoms with E-state index in [1.165, 1.54) is 0 Å². The fourth-order valence-electron chi connectivity index (χ4n) is 2.09. The van der Waals surface area contributed by atoms with Crippen LogP contribution in [0.1, 0.15) is 35.2 Å². The smallest absolute Gasteiger partial charge is 0.163 e. The van der Waals surface area contributed by atoms with Crippen LogP contribution < -0.4 is 4.74 Å². The van der Waals surface area contributed by atoms with Gasteiger partial charge in [-0.05, 0) is 30.5 Å². The van der Waals surface area contributed by atoms with E-state index in [0.29, 0.717) is 19.6 Å². The SMILES string of the molecule is COCCCOc1ccc2c(c1)C(=O)CCC2. The summed E-state index contributed by atoms with van der Waals surface area (Å²) in [5.41, 5.74) is 2.01. The van der Waals surface area contributed by atoms with Crippen molar-refractivity contribution in [2.24, 2.45) is 0 Å². The monoisotopic (exact) mass is 234 g/mol. The van der Waals surface area contributed by atoms with Crippen LogP contribution in [0.2, 0.25) is 0 Å². The van der Waals surface area contributed by atoms with Gasteiger partial charge in [-0.15, -0.1) is 0 Å². The fraction of sp³-hybridized carbons (Fsp3) is 0.500. The van der Waals surface area contributed by atoms with Crippen molar-refractivity contribution in [3.8, 4) is 5.75 Å². The molecule has 1 aliphatic rings. The molecule has 0 N–H and O–H groups in total. The van der Waals surface area contributed by atoms with Gasteiger partial charge in [0.2, 0.25) is 0 Å².